The molecule has 1 amide bonds. The molecule has 2 rings (SSSR count). The van der Waals surface area contributed by atoms with Crippen LogP contribution in [0.15, 0.2) is 30.3 Å². The van der Waals surface area contributed by atoms with Gasteiger partial charge in [0.25, 0.3) is 0 Å². The maximum Gasteiger partial charge on any atom is 0.407 e. The highest BCUT2D eigenvalue weighted by Crippen LogP contribution is 2.24. The van der Waals surface area contributed by atoms with Crippen molar-refractivity contribution in [3.63, 3.8) is 0 Å². The van der Waals surface area contributed by atoms with Crippen molar-refractivity contribution in [3.8, 4) is 0 Å². The SMILES string of the molecule is CC(=O)O[C@H]1C[C@H](OC(C)=O)[C@H](NC(=O)OCc2ccccc2)[C@H](C)O1. The standard InChI is InChI=1S/C18H23NO7/c1-11-17(19-18(22)23-10-14-7-5-4-6-8-14)15(25-12(2)20)9-16(24-11)26-13(3)21/h4-8,11,15-17H,9-10H2,1-3H3,(H,19,22)/t11-,15-,16-,17+/m0/s1. The average Bonchev–Trinajstić information content (AvgIpc) is 2.56. The molecule has 142 valence electrons. The fraction of sp³-hybridized carbons (Fsp3) is 0.500. The molecule has 8 nitrogen and oxygen atoms in total. The van der Waals surface area contributed by atoms with Gasteiger partial charge in [0.15, 0.2) is 0 Å². The van der Waals surface area contributed by atoms with E-state index in [2.05, 4.69) is 5.32 Å². The van der Waals surface area contributed by atoms with Gasteiger partial charge in [-0.15, -0.1) is 0 Å². The first-order valence-corrected chi connectivity index (χ1v) is 8.32. The smallest absolute Gasteiger partial charge is 0.407 e. The summed E-state index contributed by atoms with van der Waals surface area (Å²) in [6.07, 6.45) is -2.64. The summed E-state index contributed by atoms with van der Waals surface area (Å²) in [5, 5.41) is 2.66. The first kappa shape index (κ1) is 19.7. The molecule has 1 saturated heterocycles. The van der Waals surface area contributed by atoms with E-state index < -0.39 is 42.6 Å². The molecule has 1 fully saturated rings. The van der Waals surface area contributed by atoms with Gasteiger partial charge in [-0.2, -0.15) is 0 Å². The van der Waals surface area contributed by atoms with E-state index in [0.29, 0.717) is 0 Å². The van der Waals surface area contributed by atoms with Crippen molar-refractivity contribution in [2.45, 2.75) is 58.3 Å². The number of hydrogen-bond acceptors (Lipinski definition) is 7. The number of esters is 2. The fourth-order valence-corrected chi connectivity index (χ4v) is 2.72. The predicted molar refractivity (Wildman–Crippen MR) is 89.8 cm³/mol. The summed E-state index contributed by atoms with van der Waals surface area (Å²) < 4.78 is 21.1. The second-order valence-electron chi connectivity index (χ2n) is 6.00. The van der Waals surface area contributed by atoms with Gasteiger partial charge < -0.3 is 24.3 Å². The molecule has 0 spiro atoms. The van der Waals surface area contributed by atoms with Crippen LogP contribution >= 0.6 is 0 Å². The van der Waals surface area contributed by atoms with E-state index in [0.717, 1.165) is 5.56 Å². The third-order valence-electron chi connectivity index (χ3n) is 3.81. The van der Waals surface area contributed by atoms with E-state index in [1.54, 1.807) is 6.92 Å². The molecule has 0 saturated carbocycles. The molecule has 26 heavy (non-hydrogen) atoms. The summed E-state index contributed by atoms with van der Waals surface area (Å²) in [5.41, 5.74) is 0.849. The zero-order chi connectivity index (χ0) is 19.1. The number of amides is 1. The number of nitrogens with one attached hydrogen (secondary N) is 1. The van der Waals surface area contributed by atoms with Gasteiger partial charge in [-0.25, -0.2) is 4.79 Å². The molecule has 1 aromatic rings. The molecule has 4 atom stereocenters. The van der Waals surface area contributed by atoms with E-state index >= 15 is 0 Å². The molecule has 0 unspecified atom stereocenters. The van der Waals surface area contributed by atoms with Crippen LogP contribution in [0, 0.1) is 0 Å². The van der Waals surface area contributed by atoms with Crippen molar-refractivity contribution >= 4 is 18.0 Å². The largest absolute Gasteiger partial charge is 0.460 e. The van der Waals surface area contributed by atoms with Gasteiger partial charge in [-0.1, -0.05) is 30.3 Å². The minimum absolute atomic E-state index is 0.114. The van der Waals surface area contributed by atoms with Gasteiger partial charge in [0, 0.05) is 20.3 Å². The molecule has 1 aliphatic heterocycles. The second kappa shape index (κ2) is 9.19. The van der Waals surface area contributed by atoms with Gasteiger partial charge in [0.2, 0.25) is 6.29 Å². The summed E-state index contributed by atoms with van der Waals surface area (Å²) in [6.45, 7) is 4.34. The molecule has 1 aliphatic rings. The van der Waals surface area contributed by atoms with Crippen LogP contribution in [0.1, 0.15) is 32.8 Å². The van der Waals surface area contributed by atoms with Gasteiger partial charge in [0.1, 0.15) is 12.7 Å². The van der Waals surface area contributed by atoms with E-state index in [1.807, 2.05) is 30.3 Å². The first-order chi connectivity index (χ1) is 12.3. The van der Waals surface area contributed by atoms with Crippen molar-refractivity contribution in [2.75, 3.05) is 0 Å². The zero-order valence-electron chi connectivity index (χ0n) is 15.0. The third-order valence-corrected chi connectivity index (χ3v) is 3.81. The second-order valence-corrected chi connectivity index (χ2v) is 6.00. The van der Waals surface area contributed by atoms with Crippen LogP contribution in [0.2, 0.25) is 0 Å². The lowest BCUT2D eigenvalue weighted by atomic mass is 9.99. The van der Waals surface area contributed by atoms with E-state index in [4.69, 9.17) is 18.9 Å². The normalized spacial score (nSPS) is 25.0. The maximum atomic E-state index is 12.1. The van der Waals surface area contributed by atoms with Crippen LogP contribution in [0.25, 0.3) is 0 Å². The van der Waals surface area contributed by atoms with Gasteiger partial charge >= 0.3 is 18.0 Å². The summed E-state index contributed by atoms with van der Waals surface area (Å²) >= 11 is 0. The Kier molecular flexibility index (Phi) is 6.97. The fourth-order valence-electron chi connectivity index (χ4n) is 2.72. The van der Waals surface area contributed by atoms with Crippen molar-refractivity contribution in [3.05, 3.63) is 35.9 Å². The Labute approximate surface area is 151 Å². The highest BCUT2D eigenvalue weighted by Gasteiger charge is 2.41. The molecular weight excluding hydrogens is 342 g/mol. The number of hydrogen-bond donors (Lipinski definition) is 1. The molecule has 1 N–H and O–H groups in total. The number of carbonyl (C=O) groups is 3. The van der Waals surface area contributed by atoms with Crippen LogP contribution in [-0.2, 0) is 35.1 Å². The number of rotatable bonds is 5. The minimum Gasteiger partial charge on any atom is -0.460 e. The monoisotopic (exact) mass is 365 g/mol. The highest BCUT2D eigenvalue weighted by atomic mass is 16.7. The van der Waals surface area contributed by atoms with Crippen molar-refractivity contribution < 1.29 is 33.3 Å². The van der Waals surface area contributed by atoms with E-state index in [9.17, 15) is 14.4 Å². The molecule has 1 heterocycles. The Morgan fingerprint density at radius 2 is 1.77 bits per heavy atom. The van der Waals surface area contributed by atoms with Crippen LogP contribution < -0.4 is 5.32 Å². The Bertz CT molecular complexity index is 634. The quantitative estimate of drug-likeness (QED) is 0.628. The summed E-state index contributed by atoms with van der Waals surface area (Å²) in [6, 6.07) is 8.61. The van der Waals surface area contributed by atoms with Crippen LogP contribution in [-0.4, -0.2) is 42.6 Å². The lowest BCUT2D eigenvalue weighted by Gasteiger charge is -2.39. The molecule has 8 heteroatoms. The Morgan fingerprint density at radius 1 is 1.12 bits per heavy atom. The van der Waals surface area contributed by atoms with Crippen molar-refractivity contribution in [1.82, 2.24) is 5.32 Å². The van der Waals surface area contributed by atoms with E-state index in [1.165, 1.54) is 13.8 Å². The summed E-state index contributed by atoms with van der Waals surface area (Å²) in [5.74, 6) is -1.01. The predicted octanol–water partition coefficient (Wildman–Crippen LogP) is 1.91. The first-order valence-electron chi connectivity index (χ1n) is 8.32. The van der Waals surface area contributed by atoms with Gasteiger partial charge in [-0.05, 0) is 12.5 Å². The average molecular weight is 365 g/mol. The molecule has 0 radical (unpaired) electrons. The summed E-state index contributed by atoms with van der Waals surface area (Å²) in [7, 11) is 0. The van der Waals surface area contributed by atoms with Crippen molar-refractivity contribution in [2.24, 2.45) is 0 Å². The lowest BCUT2D eigenvalue weighted by molar-refractivity contribution is -0.223. The number of ether oxygens (including phenoxy) is 4. The zero-order valence-corrected chi connectivity index (χ0v) is 15.0. The van der Waals surface area contributed by atoms with Crippen LogP contribution in [0.5, 0.6) is 0 Å². The molecule has 0 aliphatic carbocycles. The minimum atomic E-state index is -0.842. The Morgan fingerprint density at radius 3 is 2.38 bits per heavy atom. The molecule has 0 bridgehead atoms. The maximum absolute atomic E-state index is 12.1. The number of benzene rings is 1. The van der Waals surface area contributed by atoms with E-state index in [-0.39, 0.29) is 13.0 Å². The van der Waals surface area contributed by atoms with Crippen LogP contribution in [0.3, 0.4) is 0 Å². The molecular formula is C18H23NO7. The number of carbonyl (C=O) groups excluding carboxylic acids is 3. The topological polar surface area (TPSA) is 100 Å². The third kappa shape index (κ3) is 6.03. The lowest BCUT2D eigenvalue weighted by Crippen LogP contribution is -2.57. The van der Waals surface area contributed by atoms with Crippen molar-refractivity contribution in [1.29, 1.82) is 0 Å². The Balaban J connectivity index is 1.96. The highest BCUT2D eigenvalue weighted by molar-refractivity contribution is 5.69. The van der Waals surface area contributed by atoms with Gasteiger partial charge in [0.05, 0.1) is 12.1 Å². The van der Waals surface area contributed by atoms with Crippen LogP contribution in [0.4, 0.5) is 4.79 Å². The molecule has 1 aromatic carbocycles. The molecule has 0 aromatic heterocycles. The van der Waals surface area contributed by atoms with Gasteiger partial charge in [-0.3, -0.25) is 9.59 Å². The Hall–Kier alpha value is -2.61. The number of alkyl carbamates (subject to hydrolysis) is 1. The summed E-state index contributed by atoms with van der Waals surface area (Å²) in [4.78, 5) is 34.6.